The monoisotopic (exact) mass is 370 g/mol. The Kier molecular flexibility index (Phi) is 5.02. The van der Waals surface area contributed by atoms with E-state index in [1.807, 2.05) is 0 Å². The molecule has 1 heterocycles. The summed E-state index contributed by atoms with van der Waals surface area (Å²) < 4.78 is 39.3. The summed E-state index contributed by atoms with van der Waals surface area (Å²) in [5.41, 5.74) is -3.18. The Balaban J connectivity index is 2.74. The lowest BCUT2D eigenvalue weighted by Crippen LogP contribution is -2.35. The molecule has 1 aromatic heterocycles. The standard InChI is InChI=1S/C17H17F3N2O4/c1-16(2,3)26-21-14(15-13(24)5-4-8-22(15)25)11-9-10(17(18,19)20)6-7-12(11)23/h4-9,23-24H,1-3H3. The zero-order chi connectivity index (χ0) is 19.7. The van der Waals surface area contributed by atoms with Crippen molar-refractivity contribution in [3.05, 3.63) is 58.6 Å². The van der Waals surface area contributed by atoms with Gasteiger partial charge in [0, 0.05) is 6.07 Å². The Morgan fingerprint density at radius 3 is 2.31 bits per heavy atom. The van der Waals surface area contributed by atoms with Crippen molar-refractivity contribution in [3.8, 4) is 11.5 Å². The van der Waals surface area contributed by atoms with E-state index in [1.165, 1.54) is 12.1 Å². The van der Waals surface area contributed by atoms with Crippen LogP contribution in [0.25, 0.3) is 0 Å². The average molecular weight is 370 g/mol. The van der Waals surface area contributed by atoms with Gasteiger partial charge in [0.1, 0.15) is 11.4 Å². The molecule has 0 radical (unpaired) electrons. The summed E-state index contributed by atoms with van der Waals surface area (Å²) in [6, 6.07) is 4.57. The number of phenols is 1. The average Bonchev–Trinajstić information content (AvgIpc) is 2.49. The lowest BCUT2D eigenvalue weighted by molar-refractivity contribution is -0.607. The number of pyridine rings is 1. The van der Waals surface area contributed by atoms with Crippen LogP contribution in [0.1, 0.15) is 37.6 Å². The molecule has 2 rings (SSSR count). The minimum absolute atomic E-state index is 0.222. The van der Waals surface area contributed by atoms with Gasteiger partial charge in [0.25, 0.3) is 5.69 Å². The summed E-state index contributed by atoms with van der Waals surface area (Å²) in [7, 11) is 0. The fraction of sp³-hybridized carbons (Fsp3) is 0.294. The first kappa shape index (κ1) is 19.4. The van der Waals surface area contributed by atoms with Crippen molar-refractivity contribution in [3.63, 3.8) is 0 Å². The first-order chi connectivity index (χ1) is 11.9. The number of alkyl halides is 3. The van der Waals surface area contributed by atoms with Crippen LogP contribution < -0.4 is 4.73 Å². The van der Waals surface area contributed by atoms with E-state index in [-0.39, 0.29) is 4.73 Å². The predicted molar refractivity (Wildman–Crippen MR) is 86.7 cm³/mol. The van der Waals surface area contributed by atoms with E-state index in [0.29, 0.717) is 12.1 Å². The second kappa shape index (κ2) is 6.74. The van der Waals surface area contributed by atoms with Crippen molar-refractivity contribution in [2.75, 3.05) is 0 Å². The van der Waals surface area contributed by atoms with Crippen LogP contribution in [0.2, 0.25) is 0 Å². The van der Waals surface area contributed by atoms with E-state index in [1.54, 1.807) is 20.8 Å². The summed E-state index contributed by atoms with van der Waals surface area (Å²) in [5.74, 6) is -1.09. The molecule has 0 unspecified atom stereocenters. The fourth-order valence-electron chi connectivity index (χ4n) is 2.01. The van der Waals surface area contributed by atoms with Crippen LogP contribution >= 0.6 is 0 Å². The maximum absolute atomic E-state index is 13.0. The first-order valence-corrected chi connectivity index (χ1v) is 7.48. The molecule has 9 heteroatoms. The van der Waals surface area contributed by atoms with Crippen molar-refractivity contribution in [2.45, 2.75) is 32.5 Å². The minimum atomic E-state index is -4.68. The molecular weight excluding hydrogens is 353 g/mol. The molecule has 0 saturated carbocycles. The van der Waals surface area contributed by atoms with Crippen LogP contribution in [-0.2, 0) is 11.0 Å². The molecule has 0 fully saturated rings. The summed E-state index contributed by atoms with van der Waals surface area (Å²) >= 11 is 0. The SMILES string of the molecule is CC(C)(C)ON=C(c1cc(C(F)(F)F)ccc1O)c1c(O)ccc[n+]1[O-]. The molecule has 2 aromatic rings. The molecule has 26 heavy (non-hydrogen) atoms. The number of nitrogens with zero attached hydrogens (tertiary/aromatic N) is 2. The Labute approximate surface area is 147 Å². The summed E-state index contributed by atoms with van der Waals surface area (Å²) in [6.45, 7) is 4.91. The lowest BCUT2D eigenvalue weighted by atomic mass is 10.0. The predicted octanol–water partition coefficient (Wildman–Crippen LogP) is 3.32. The van der Waals surface area contributed by atoms with Gasteiger partial charge in [0.2, 0.25) is 0 Å². The Morgan fingerprint density at radius 2 is 1.77 bits per heavy atom. The number of rotatable bonds is 3. The van der Waals surface area contributed by atoms with Gasteiger partial charge in [-0.2, -0.15) is 17.9 Å². The highest BCUT2D eigenvalue weighted by molar-refractivity contribution is 6.13. The number of phenolic OH excluding ortho intramolecular Hbond substituents is 1. The Hall–Kier alpha value is -2.97. The number of halogens is 3. The zero-order valence-electron chi connectivity index (χ0n) is 14.2. The van der Waals surface area contributed by atoms with E-state index >= 15 is 0 Å². The smallest absolute Gasteiger partial charge is 0.416 e. The molecular formula is C17H17F3N2O4. The molecule has 0 aliphatic carbocycles. The van der Waals surface area contributed by atoms with Gasteiger partial charge in [-0.1, -0.05) is 5.16 Å². The van der Waals surface area contributed by atoms with Gasteiger partial charge in [-0.15, -0.1) is 0 Å². The molecule has 0 saturated heterocycles. The van der Waals surface area contributed by atoms with Crippen LogP contribution in [0, 0.1) is 5.21 Å². The molecule has 1 aromatic carbocycles. The molecule has 6 nitrogen and oxygen atoms in total. The third kappa shape index (κ3) is 4.35. The van der Waals surface area contributed by atoms with Crippen molar-refractivity contribution >= 4 is 5.71 Å². The maximum Gasteiger partial charge on any atom is 0.416 e. The molecule has 140 valence electrons. The molecule has 0 aliphatic rings. The van der Waals surface area contributed by atoms with E-state index in [9.17, 15) is 28.6 Å². The first-order valence-electron chi connectivity index (χ1n) is 7.48. The van der Waals surface area contributed by atoms with Gasteiger partial charge in [0.05, 0.1) is 11.1 Å². The highest BCUT2D eigenvalue weighted by atomic mass is 19.4. The van der Waals surface area contributed by atoms with E-state index in [0.717, 1.165) is 12.3 Å². The molecule has 0 aliphatic heterocycles. The number of hydrogen-bond acceptors (Lipinski definition) is 5. The number of benzene rings is 1. The number of aromatic hydroxyl groups is 2. The summed E-state index contributed by atoms with van der Waals surface area (Å²) in [4.78, 5) is 5.22. The van der Waals surface area contributed by atoms with Gasteiger partial charge in [-0.25, -0.2) is 0 Å². The van der Waals surface area contributed by atoms with Crippen LogP contribution in [-0.4, -0.2) is 21.5 Å². The van der Waals surface area contributed by atoms with Crippen LogP contribution in [0.3, 0.4) is 0 Å². The van der Waals surface area contributed by atoms with Crippen LogP contribution in [0.15, 0.2) is 41.7 Å². The van der Waals surface area contributed by atoms with Crippen LogP contribution in [0.5, 0.6) is 11.5 Å². The van der Waals surface area contributed by atoms with Gasteiger partial charge >= 0.3 is 6.18 Å². The van der Waals surface area contributed by atoms with Crippen molar-refractivity contribution in [2.24, 2.45) is 5.16 Å². The van der Waals surface area contributed by atoms with E-state index in [4.69, 9.17) is 4.84 Å². The molecule has 0 atom stereocenters. The number of hydrogen-bond donors (Lipinski definition) is 2. The van der Waals surface area contributed by atoms with Crippen molar-refractivity contribution < 1.29 is 33.0 Å². The fourth-order valence-corrected chi connectivity index (χ4v) is 2.01. The van der Waals surface area contributed by atoms with Gasteiger partial charge in [0.15, 0.2) is 17.7 Å². The van der Waals surface area contributed by atoms with Crippen molar-refractivity contribution in [1.29, 1.82) is 0 Å². The highest BCUT2D eigenvalue weighted by Crippen LogP contribution is 2.34. The quantitative estimate of drug-likeness (QED) is 0.375. The largest absolute Gasteiger partial charge is 0.618 e. The van der Waals surface area contributed by atoms with Gasteiger partial charge in [-0.05, 0) is 45.0 Å². The molecule has 0 amide bonds. The van der Waals surface area contributed by atoms with Gasteiger partial charge in [-0.3, -0.25) is 0 Å². The maximum atomic E-state index is 13.0. The normalized spacial score (nSPS) is 12.9. The minimum Gasteiger partial charge on any atom is -0.618 e. The lowest BCUT2D eigenvalue weighted by Gasteiger charge is -2.18. The molecule has 0 spiro atoms. The highest BCUT2D eigenvalue weighted by Gasteiger charge is 2.33. The van der Waals surface area contributed by atoms with Crippen molar-refractivity contribution in [1.82, 2.24) is 0 Å². The third-order valence-electron chi connectivity index (χ3n) is 3.15. The second-order valence-corrected chi connectivity index (χ2v) is 6.44. The topological polar surface area (TPSA) is 89.0 Å². The Morgan fingerprint density at radius 1 is 1.12 bits per heavy atom. The molecule has 2 N–H and O–H groups in total. The summed E-state index contributed by atoms with van der Waals surface area (Å²) in [6.07, 6.45) is -3.64. The third-order valence-corrected chi connectivity index (χ3v) is 3.15. The van der Waals surface area contributed by atoms with Crippen LogP contribution in [0.4, 0.5) is 13.2 Å². The molecule has 0 bridgehead atoms. The zero-order valence-corrected chi connectivity index (χ0v) is 14.2. The van der Waals surface area contributed by atoms with Gasteiger partial charge < -0.3 is 20.3 Å². The van der Waals surface area contributed by atoms with E-state index < -0.39 is 45.8 Å². The number of oxime groups is 1. The second-order valence-electron chi connectivity index (χ2n) is 6.44. The Bertz CT molecular complexity index is 823. The number of aromatic nitrogens is 1. The summed E-state index contributed by atoms with van der Waals surface area (Å²) in [5, 5.41) is 35.9. The van der Waals surface area contributed by atoms with E-state index in [2.05, 4.69) is 5.16 Å².